The zero-order chi connectivity index (χ0) is 46.4. The number of anilines is 1. The highest BCUT2D eigenvalue weighted by molar-refractivity contribution is 6.90. The summed E-state index contributed by atoms with van der Waals surface area (Å²) in [6.07, 6.45) is 4.90. The molecule has 65 heavy (non-hydrogen) atoms. The van der Waals surface area contributed by atoms with Crippen molar-refractivity contribution in [3.63, 3.8) is 0 Å². The molecule has 2 unspecified atom stereocenters. The summed E-state index contributed by atoms with van der Waals surface area (Å²) in [7, 11) is -0.785. The van der Waals surface area contributed by atoms with E-state index in [1.54, 1.807) is 24.4 Å². The van der Waals surface area contributed by atoms with Gasteiger partial charge in [0.1, 0.15) is 42.3 Å². The lowest BCUT2D eigenvalue weighted by Gasteiger charge is -2.42. The van der Waals surface area contributed by atoms with Crippen LogP contribution in [0.1, 0.15) is 93.6 Å². The van der Waals surface area contributed by atoms with E-state index >= 15 is 8.78 Å². The van der Waals surface area contributed by atoms with E-state index in [1.807, 2.05) is 25.7 Å². The van der Waals surface area contributed by atoms with Crippen molar-refractivity contribution in [2.45, 2.75) is 122 Å². The van der Waals surface area contributed by atoms with Crippen LogP contribution < -0.4 is 14.4 Å². The Morgan fingerprint density at radius 3 is 2.26 bits per heavy atom. The zero-order valence-electron chi connectivity index (χ0n) is 39.9. The first-order valence-corrected chi connectivity index (χ1v) is 25.6. The fourth-order valence-corrected chi connectivity index (χ4v) is 15.9. The van der Waals surface area contributed by atoms with E-state index in [2.05, 4.69) is 62.8 Å². The standard InChI is InChI=1S/C50H66F2N6O6Si/c1-31(2)65(32(3)4,33(5)6)22-15-38-41(51)14-11-34-23-37(63-30-60-10)24-39(42(34)38)44-43(52)45-40(25-53-44)46(57-26-35-12-13-36(27-57)58(35)48(59)64-49(7,8)9)55-47(54-45)62-29-50(16-17-50)28-56-18-20-61-21-19-56/h11,14,23-25,31-33,35-36H,12-13,16-21,26-30H2,1-10H3. The van der Waals surface area contributed by atoms with Crippen LogP contribution in [0.2, 0.25) is 16.6 Å². The molecule has 1 aliphatic carbocycles. The van der Waals surface area contributed by atoms with E-state index in [0.717, 1.165) is 45.3 Å². The number of aromatic nitrogens is 3. The van der Waals surface area contributed by atoms with Crippen molar-refractivity contribution in [1.82, 2.24) is 24.8 Å². The number of benzene rings is 2. The summed E-state index contributed by atoms with van der Waals surface area (Å²) in [6.45, 7) is 24.2. The van der Waals surface area contributed by atoms with Gasteiger partial charge >= 0.3 is 12.1 Å². The number of carbonyl (C=O) groups is 1. The molecule has 4 aromatic rings. The molecule has 0 N–H and O–H groups in total. The van der Waals surface area contributed by atoms with Gasteiger partial charge in [0.25, 0.3) is 0 Å². The molecule has 12 nitrogen and oxygen atoms in total. The number of methoxy groups -OCH3 is 1. The van der Waals surface area contributed by atoms with E-state index < -0.39 is 25.3 Å². The average Bonchev–Trinajstić information content (AvgIpc) is 3.96. The average molecular weight is 913 g/mol. The molecule has 2 aromatic carbocycles. The molecule has 1 saturated carbocycles. The Labute approximate surface area is 383 Å². The van der Waals surface area contributed by atoms with Crippen molar-refractivity contribution in [2.75, 3.05) is 71.3 Å². The normalized spacial score (nSPS) is 19.9. The monoisotopic (exact) mass is 912 g/mol. The molecule has 3 saturated heterocycles. The first-order valence-electron chi connectivity index (χ1n) is 23.4. The second-order valence-electron chi connectivity index (χ2n) is 20.6. The van der Waals surface area contributed by atoms with Crippen molar-refractivity contribution in [3.05, 3.63) is 47.7 Å². The summed E-state index contributed by atoms with van der Waals surface area (Å²) >= 11 is 0. The van der Waals surface area contributed by atoms with Gasteiger partial charge in [0.15, 0.2) is 12.6 Å². The predicted octanol–water partition coefficient (Wildman–Crippen LogP) is 9.75. The van der Waals surface area contributed by atoms with Gasteiger partial charge in [0.05, 0.1) is 42.9 Å². The van der Waals surface area contributed by atoms with Crippen molar-refractivity contribution in [3.8, 4) is 34.5 Å². The summed E-state index contributed by atoms with van der Waals surface area (Å²) in [6, 6.07) is 6.36. The van der Waals surface area contributed by atoms with Gasteiger partial charge in [-0.3, -0.25) is 14.8 Å². The highest BCUT2D eigenvalue weighted by Gasteiger charge is 2.47. The zero-order valence-corrected chi connectivity index (χ0v) is 40.9. The number of hydrogen-bond acceptors (Lipinski definition) is 11. The molecule has 4 fully saturated rings. The van der Waals surface area contributed by atoms with Gasteiger partial charge in [0.2, 0.25) is 0 Å². The number of rotatable bonds is 13. The van der Waals surface area contributed by atoms with Crippen LogP contribution in [-0.2, 0) is 14.2 Å². The van der Waals surface area contributed by atoms with Crippen LogP contribution in [0, 0.1) is 28.5 Å². The van der Waals surface area contributed by atoms with Gasteiger partial charge in [-0.1, -0.05) is 53.5 Å². The first-order chi connectivity index (χ1) is 30.9. The molecule has 15 heteroatoms. The highest BCUT2D eigenvalue weighted by atomic mass is 28.3. The predicted molar refractivity (Wildman–Crippen MR) is 252 cm³/mol. The highest BCUT2D eigenvalue weighted by Crippen LogP contribution is 2.47. The number of amides is 1. The topological polar surface area (TPSA) is 112 Å². The molecule has 4 aliphatic rings. The van der Waals surface area contributed by atoms with Gasteiger partial charge in [-0.05, 0) is 86.7 Å². The number of ether oxygens (including phenoxy) is 5. The Morgan fingerprint density at radius 2 is 1.65 bits per heavy atom. The van der Waals surface area contributed by atoms with Crippen LogP contribution >= 0.6 is 0 Å². The Balaban J connectivity index is 1.26. The van der Waals surface area contributed by atoms with Gasteiger partial charge in [0, 0.05) is 62.4 Å². The molecule has 0 radical (unpaired) electrons. The SMILES string of the molecule is COCOc1cc(-c2ncc3c(N4CC5CCC(C4)N5C(=O)OC(C)(C)C)nc(OCC4(CN5CCOCC5)CC4)nc3c2F)c2c(C#C[Si](C(C)C)(C(C)C)C(C)C)c(F)ccc2c1. The quantitative estimate of drug-likeness (QED) is 0.0727. The fraction of sp³-hybridized carbons (Fsp3) is 0.600. The van der Waals surface area contributed by atoms with Crippen LogP contribution in [0.15, 0.2) is 30.5 Å². The fourth-order valence-electron chi connectivity index (χ4n) is 10.7. The second-order valence-corrected chi connectivity index (χ2v) is 26.1. The first kappa shape index (κ1) is 46.9. The summed E-state index contributed by atoms with van der Waals surface area (Å²) < 4.78 is 63.4. The third-order valence-electron chi connectivity index (χ3n) is 14.1. The molecular weight excluding hydrogens is 847 g/mol. The molecule has 2 atom stereocenters. The number of halogens is 2. The lowest BCUT2D eigenvalue weighted by atomic mass is 9.95. The third kappa shape index (κ3) is 9.51. The van der Waals surface area contributed by atoms with Crippen LogP contribution in [-0.4, -0.2) is 123 Å². The minimum Gasteiger partial charge on any atom is -0.468 e. The van der Waals surface area contributed by atoms with Gasteiger partial charge in [-0.2, -0.15) is 9.97 Å². The van der Waals surface area contributed by atoms with Crippen molar-refractivity contribution < 1.29 is 37.3 Å². The molecular formula is C50H66F2N6O6Si. The van der Waals surface area contributed by atoms with Crippen LogP contribution in [0.25, 0.3) is 32.9 Å². The van der Waals surface area contributed by atoms with Crippen LogP contribution in [0.3, 0.4) is 0 Å². The Kier molecular flexibility index (Phi) is 13.4. The molecule has 2 bridgehead atoms. The van der Waals surface area contributed by atoms with E-state index in [9.17, 15) is 4.79 Å². The molecule has 2 aromatic heterocycles. The lowest BCUT2D eigenvalue weighted by molar-refractivity contribution is 0.0122. The maximum Gasteiger partial charge on any atom is 0.410 e. The van der Waals surface area contributed by atoms with Gasteiger partial charge in [-0.25, -0.2) is 13.6 Å². The lowest BCUT2D eigenvalue weighted by Crippen LogP contribution is -2.57. The summed E-state index contributed by atoms with van der Waals surface area (Å²) in [5.74, 6) is 3.04. The van der Waals surface area contributed by atoms with Gasteiger partial charge < -0.3 is 28.6 Å². The number of nitrogens with zero attached hydrogens (tertiary/aromatic N) is 6. The number of carbonyl (C=O) groups excluding carboxylic acids is 1. The van der Waals surface area contributed by atoms with E-state index in [0.29, 0.717) is 82.8 Å². The summed E-state index contributed by atoms with van der Waals surface area (Å²) in [5, 5.41) is 1.46. The van der Waals surface area contributed by atoms with E-state index in [1.165, 1.54) is 13.2 Å². The smallest absolute Gasteiger partial charge is 0.410 e. The molecule has 5 heterocycles. The minimum atomic E-state index is -2.31. The molecule has 350 valence electrons. The number of morpholine rings is 1. The Bertz CT molecular complexity index is 2440. The Hall–Kier alpha value is -4.62. The number of hydrogen-bond donors (Lipinski definition) is 0. The molecule has 1 amide bonds. The molecule has 0 spiro atoms. The van der Waals surface area contributed by atoms with Crippen molar-refractivity contribution in [1.29, 1.82) is 0 Å². The number of fused-ring (bicyclic) bond motifs is 4. The van der Waals surface area contributed by atoms with Crippen LogP contribution in [0.4, 0.5) is 19.4 Å². The maximum absolute atomic E-state index is 17.9. The van der Waals surface area contributed by atoms with Gasteiger partial charge in [-0.15, -0.1) is 5.54 Å². The summed E-state index contributed by atoms with van der Waals surface area (Å²) in [5.41, 5.74) is 4.46. The van der Waals surface area contributed by atoms with E-state index in [-0.39, 0.29) is 53.2 Å². The number of pyridine rings is 1. The van der Waals surface area contributed by atoms with E-state index in [4.69, 9.17) is 38.6 Å². The molecule has 3 aliphatic heterocycles. The largest absolute Gasteiger partial charge is 0.468 e. The third-order valence-corrected chi connectivity index (χ3v) is 20.4. The van der Waals surface area contributed by atoms with Crippen molar-refractivity contribution in [2.24, 2.45) is 5.41 Å². The summed E-state index contributed by atoms with van der Waals surface area (Å²) in [4.78, 5) is 34.5. The maximum atomic E-state index is 17.9. The molecule has 8 rings (SSSR count). The van der Waals surface area contributed by atoms with Crippen molar-refractivity contribution >= 4 is 41.7 Å². The number of piperazine rings is 1. The second kappa shape index (κ2) is 18.6. The van der Waals surface area contributed by atoms with Crippen LogP contribution in [0.5, 0.6) is 11.8 Å². The minimum absolute atomic E-state index is 0.0289. The Morgan fingerprint density at radius 1 is 0.969 bits per heavy atom.